The highest BCUT2D eigenvalue weighted by Crippen LogP contribution is 2.53. The molecule has 0 aromatic heterocycles. The molecule has 5 atom stereocenters. The zero-order valence-corrected chi connectivity index (χ0v) is 18.1. The molecule has 0 aromatic rings. The summed E-state index contributed by atoms with van der Waals surface area (Å²) in [7, 11) is 0. The fourth-order valence-corrected chi connectivity index (χ4v) is 5.58. The molecule has 3 fully saturated rings. The lowest BCUT2D eigenvalue weighted by atomic mass is 9.60. The first-order valence-corrected chi connectivity index (χ1v) is 10.7. The molecule has 2 saturated carbocycles. The Labute approximate surface area is 160 Å². The number of hydrogen-bond donors (Lipinski definition) is 0. The van der Waals surface area contributed by atoms with Gasteiger partial charge in [0, 0.05) is 0 Å². The van der Waals surface area contributed by atoms with Crippen LogP contribution in [0.15, 0.2) is 0 Å². The van der Waals surface area contributed by atoms with E-state index in [1.807, 2.05) is 0 Å². The average Bonchev–Trinajstić information content (AvgIpc) is 3.27. The molecule has 150 valence electrons. The summed E-state index contributed by atoms with van der Waals surface area (Å²) in [6.07, 6.45) is 8.14. The summed E-state index contributed by atoms with van der Waals surface area (Å²) in [5.74, 6) is 1.33. The first-order valence-electron chi connectivity index (χ1n) is 10.7. The molecular formula is C23H40O3. The monoisotopic (exact) mass is 364 g/mol. The minimum atomic E-state index is -0.476. The zero-order chi connectivity index (χ0) is 19.4. The van der Waals surface area contributed by atoms with E-state index in [2.05, 4.69) is 48.5 Å². The van der Waals surface area contributed by atoms with Gasteiger partial charge in [0.25, 0.3) is 0 Å². The fourth-order valence-electron chi connectivity index (χ4n) is 5.58. The van der Waals surface area contributed by atoms with Gasteiger partial charge in [-0.25, -0.2) is 0 Å². The standard InChI is InChI=1S/C23H40O3/c1-20(2,3)15-22(7,21(4,5)6)19(24)26-23-10-8-9-16(12-23)11-17(13-23)18-14-25-18/h16-18H,8-15H2,1-7H3. The topological polar surface area (TPSA) is 38.8 Å². The van der Waals surface area contributed by atoms with Gasteiger partial charge in [-0.05, 0) is 68.1 Å². The van der Waals surface area contributed by atoms with Gasteiger partial charge in [0.15, 0.2) is 0 Å². The molecule has 0 amide bonds. The third-order valence-corrected chi connectivity index (χ3v) is 7.36. The molecule has 0 radical (unpaired) electrons. The third-order valence-electron chi connectivity index (χ3n) is 7.36. The Bertz CT molecular complexity index is 537. The summed E-state index contributed by atoms with van der Waals surface area (Å²) in [4.78, 5) is 13.6. The highest BCUT2D eigenvalue weighted by atomic mass is 16.6. The van der Waals surface area contributed by atoms with Crippen molar-refractivity contribution in [2.24, 2.45) is 28.1 Å². The van der Waals surface area contributed by atoms with E-state index in [1.165, 1.54) is 19.3 Å². The van der Waals surface area contributed by atoms with E-state index in [-0.39, 0.29) is 22.4 Å². The molecule has 2 bridgehead atoms. The van der Waals surface area contributed by atoms with Gasteiger partial charge in [0.05, 0.1) is 18.1 Å². The molecule has 1 aliphatic heterocycles. The summed E-state index contributed by atoms with van der Waals surface area (Å²) in [6, 6.07) is 0. The van der Waals surface area contributed by atoms with Crippen LogP contribution < -0.4 is 0 Å². The largest absolute Gasteiger partial charge is 0.459 e. The number of fused-ring (bicyclic) bond motifs is 2. The smallest absolute Gasteiger partial charge is 0.312 e. The highest BCUT2D eigenvalue weighted by Gasteiger charge is 2.54. The Morgan fingerprint density at radius 2 is 1.77 bits per heavy atom. The van der Waals surface area contributed by atoms with Crippen LogP contribution in [0.3, 0.4) is 0 Å². The molecule has 2 aliphatic carbocycles. The van der Waals surface area contributed by atoms with Gasteiger partial charge in [-0.15, -0.1) is 0 Å². The average molecular weight is 365 g/mol. The van der Waals surface area contributed by atoms with Crippen molar-refractivity contribution in [3.8, 4) is 0 Å². The van der Waals surface area contributed by atoms with E-state index < -0.39 is 5.41 Å². The van der Waals surface area contributed by atoms with Gasteiger partial charge in [-0.2, -0.15) is 0 Å². The fraction of sp³-hybridized carbons (Fsp3) is 0.957. The maximum Gasteiger partial charge on any atom is 0.312 e. The summed E-state index contributed by atoms with van der Waals surface area (Å²) in [5.41, 5.74) is -0.754. The minimum Gasteiger partial charge on any atom is -0.459 e. The number of epoxide rings is 1. The molecule has 0 N–H and O–H groups in total. The van der Waals surface area contributed by atoms with Crippen LogP contribution >= 0.6 is 0 Å². The summed E-state index contributed by atoms with van der Waals surface area (Å²) in [6.45, 7) is 16.3. The van der Waals surface area contributed by atoms with Crippen LogP contribution in [-0.4, -0.2) is 24.3 Å². The summed E-state index contributed by atoms with van der Waals surface area (Å²) >= 11 is 0. The number of rotatable bonds is 4. The Kier molecular flexibility index (Phi) is 5.04. The second-order valence-corrected chi connectivity index (χ2v) is 11.9. The molecule has 1 heterocycles. The van der Waals surface area contributed by atoms with E-state index in [0.29, 0.717) is 17.9 Å². The van der Waals surface area contributed by atoms with Crippen molar-refractivity contribution in [1.29, 1.82) is 0 Å². The molecule has 26 heavy (non-hydrogen) atoms. The Hall–Kier alpha value is -0.570. The lowest BCUT2D eigenvalue weighted by Crippen LogP contribution is -2.52. The predicted molar refractivity (Wildman–Crippen MR) is 105 cm³/mol. The number of carbonyl (C=O) groups excluding carboxylic acids is 1. The first-order chi connectivity index (χ1) is 11.8. The van der Waals surface area contributed by atoms with Crippen molar-refractivity contribution >= 4 is 5.97 Å². The van der Waals surface area contributed by atoms with Crippen molar-refractivity contribution in [2.75, 3.05) is 6.61 Å². The number of ether oxygens (including phenoxy) is 2. The normalized spacial score (nSPS) is 37.0. The molecular weight excluding hydrogens is 324 g/mol. The van der Waals surface area contributed by atoms with Crippen LogP contribution in [0.25, 0.3) is 0 Å². The van der Waals surface area contributed by atoms with Crippen molar-refractivity contribution in [2.45, 2.75) is 105 Å². The van der Waals surface area contributed by atoms with Gasteiger partial charge in [0.2, 0.25) is 0 Å². The minimum absolute atomic E-state index is 0.0259. The molecule has 3 heteroatoms. The van der Waals surface area contributed by atoms with E-state index in [4.69, 9.17) is 9.47 Å². The molecule has 3 aliphatic rings. The van der Waals surface area contributed by atoms with Crippen LogP contribution in [0.2, 0.25) is 0 Å². The van der Waals surface area contributed by atoms with Crippen LogP contribution in [0, 0.1) is 28.1 Å². The SMILES string of the molecule is CC(C)(C)CC(C)(C(=O)OC12CCCC(CC(C3CO3)C1)C2)C(C)(C)C. The lowest BCUT2D eigenvalue weighted by molar-refractivity contribution is -0.193. The lowest BCUT2D eigenvalue weighted by Gasteiger charge is -2.50. The highest BCUT2D eigenvalue weighted by molar-refractivity contribution is 5.78. The van der Waals surface area contributed by atoms with Gasteiger partial charge in [0.1, 0.15) is 5.60 Å². The van der Waals surface area contributed by atoms with Crippen LogP contribution in [0.5, 0.6) is 0 Å². The summed E-state index contributed by atoms with van der Waals surface area (Å²) < 4.78 is 12.1. The molecule has 3 rings (SSSR count). The van der Waals surface area contributed by atoms with E-state index in [0.717, 1.165) is 32.3 Å². The van der Waals surface area contributed by atoms with E-state index >= 15 is 0 Å². The molecule has 0 aromatic carbocycles. The number of esters is 1. The van der Waals surface area contributed by atoms with Crippen LogP contribution in [0.4, 0.5) is 0 Å². The van der Waals surface area contributed by atoms with E-state index in [1.54, 1.807) is 0 Å². The number of hydrogen-bond acceptors (Lipinski definition) is 3. The molecule has 3 nitrogen and oxygen atoms in total. The Morgan fingerprint density at radius 1 is 1.12 bits per heavy atom. The van der Waals surface area contributed by atoms with Gasteiger partial charge < -0.3 is 9.47 Å². The first kappa shape index (κ1) is 20.2. The molecule has 0 spiro atoms. The molecule has 1 saturated heterocycles. The van der Waals surface area contributed by atoms with Crippen LogP contribution in [0.1, 0.15) is 93.4 Å². The van der Waals surface area contributed by atoms with E-state index in [9.17, 15) is 4.79 Å². The maximum absolute atomic E-state index is 13.6. The second-order valence-electron chi connectivity index (χ2n) is 11.9. The van der Waals surface area contributed by atoms with Crippen molar-refractivity contribution in [3.63, 3.8) is 0 Å². The zero-order valence-electron chi connectivity index (χ0n) is 18.1. The van der Waals surface area contributed by atoms with Gasteiger partial charge in [-0.3, -0.25) is 4.79 Å². The third kappa shape index (κ3) is 4.13. The number of carbonyl (C=O) groups is 1. The van der Waals surface area contributed by atoms with Crippen molar-refractivity contribution in [1.82, 2.24) is 0 Å². The quantitative estimate of drug-likeness (QED) is 0.470. The van der Waals surface area contributed by atoms with Crippen molar-refractivity contribution < 1.29 is 14.3 Å². The summed E-state index contributed by atoms with van der Waals surface area (Å²) in [5, 5.41) is 0. The van der Waals surface area contributed by atoms with Crippen LogP contribution in [-0.2, 0) is 14.3 Å². The maximum atomic E-state index is 13.6. The predicted octanol–water partition coefficient (Wildman–Crippen LogP) is 5.76. The van der Waals surface area contributed by atoms with Crippen molar-refractivity contribution in [3.05, 3.63) is 0 Å². The Balaban J connectivity index is 1.81. The molecule has 5 unspecified atom stereocenters. The van der Waals surface area contributed by atoms with Gasteiger partial charge >= 0.3 is 5.97 Å². The second kappa shape index (κ2) is 6.50. The Morgan fingerprint density at radius 3 is 2.31 bits per heavy atom. The van der Waals surface area contributed by atoms with Gasteiger partial charge in [-0.1, -0.05) is 48.0 Å².